The summed E-state index contributed by atoms with van der Waals surface area (Å²) < 4.78 is 5.37. The molecule has 150 valence electrons. The van der Waals surface area contributed by atoms with E-state index in [0.717, 1.165) is 48.9 Å². The normalized spacial score (nSPS) is 38.7. The maximum Gasteiger partial charge on any atom is 0.308 e. The summed E-state index contributed by atoms with van der Waals surface area (Å²) in [6, 6.07) is 0. The predicted octanol–water partition coefficient (Wildman–Crippen LogP) is 6.77. The average Bonchev–Trinajstić information content (AvgIpc) is 2.72. The van der Waals surface area contributed by atoms with Crippen LogP contribution in [-0.4, -0.2) is 12.6 Å². The molecule has 0 saturated heterocycles. The molecule has 2 nitrogen and oxygen atoms in total. The van der Waals surface area contributed by atoms with Crippen molar-refractivity contribution >= 4 is 5.97 Å². The Labute approximate surface area is 161 Å². The molecule has 0 aromatic rings. The zero-order valence-electron chi connectivity index (χ0n) is 17.4. The van der Waals surface area contributed by atoms with Crippen molar-refractivity contribution in [2.45, 2.75) is 104 Å². The van der Waals surface area contributed by atoms with Crippen LogP contribution in [0, 0.1) is 35.5 Å². The Morgan fingerprint density at radius 3 is 1.54 bits per heavy atom. The summed E-state index contributed by atoms with van der Waals surface area (Å²) in [6.07, 6.45) is 19.0. The number of hydrogen-bond donors (Lipinski definition) is 0. The van der Waals surface area contributed by atoms with E-state index in [4.69, 9.17) is 4.74 Å². The zero-order valence-corrected chi connectivity index (χ0v) is 17.4. The summed E-state index contributed by atoms with van der Waals surface area (Å²) in [6.45, 7) is 5.04. The summed E-state index contributed by atoms with van der Waals surface area (Å²) >= 11 is 0. The molecule has 0 bridgehead atoms. The van der Waals surface area contributed by atoms with Crippen molar-refractivity contribution in [1.82, 2.24) is 0 Å². The summed E-state index contributed by atoms with van der Waals surface area (Å²) in [7, 11) is 0. The van der Waals surface area contributed by atoms with E-state index in [-0.39, 0.29) is 11.9 Å². The Morgan fingerprint density at radius 2 is 1.12 bits per heavy atom. The van der Waals surface area contributed by atoms with Gasteiger partial charge in [-0.05, 0) is 100 Å². The highest BCUT2D eigenvalue weighted by Crippen LogP contribution is 2.46. The summed E-state index contributed by atoms with van der Waals surface area (Å²) in [5.74, 6) is 5.22. The van der Waals surface area contributed by atoms with Gasteiger partial charge in [0.25, 0.3) is 0 Å². The molecule has 2 heteroatoms. The average molecular weight is 363 g/mol. The lowest BCUT2D eigenvalue weighted by Gasteiger charge is -2.41. The molecule has 3 fully saturated rings. The highest BCUT2D eigenvalue weighted by molar-refractivity contribution is 5.72. The van der Waals surface area contributed by atoms with Crippen molar-refractivity contribution in [3.05, 3.63) is 0 Å². The van der Waals surface area contributed by atoms with Gasteiger partial charge in [0.05, 0.1) is 12.5 Å². The second kappa shape index (κ2) is 10.1. The Balaban J connectivity index is 1.36. The largest absolute Gasteiger partial charge is 0.465 e. The van der Waals surface area contributed by atoms with E-state index in [1.165, 1.54) is 70.6 Å². The Hall–Kier alpha value is -0.530. The zero-order chi connectivity index (χ0) is 18.4. The number of hydrogen-bond acceptors (Lipinski definition) is 2. The molecule has 0 amide bonds. The van der Waals surface area contributed by atoms with Crippen LogP contribution in [-0.2, 0) is 9.53 Å². The maximum absolute atomic E-state index is 12.1. The Bertz CT molecular complexity index is 408. The fourth-order valence-electron chi connectivity index (χ4n) is 6.30. The monoisotopic (exact) mass is 362 g/mol. The molecule has 0 heterocycles. The molecule has 3 rings (SSSR count). The highest BCUT2D eigenvalue weighted by Gasteiger charge is 2.35. The Morgan fingerprint density at radius 1 is 0.692 bits per heavy atom. The van der Waals surface area contributed by atoms with Crippen molar-refractivity contribution in [3.8, 4) is 0 Å². The first-order valence-electron chi connectivity index (χ1n) is 11.9. The van der Waals surface area contributed by atoms with Crippen molar-refractivity contribution in [1.29, 1.82) is 0 Å². The second-order valence-corrected chi connectivity index (χ2v) is 9.64. The molecule has 0 aliphatic heterocycles. The van der Waals surface area contributed by atoms with Gasteiger partial charge in [0.1, 0.15) is 0 Å². The number of carbonyl (C=O) groups is 1. The molecular formula is C24H42O2. The van der Waals surface area contributed by atoms with E-state index < -0.39 is 0 Å². The summed E-state index contributed by atoms with van der Waals surface area (Å²) in [5.41, 5.74) is 0. The Kier molecular flexibility index (Phi) is 7.88. The van der Waals surface area contributed by atoms with E-state index in [1.807, 2.05) is 0 Å². The molecule has 0 unspecified atom stereocenters. The lowest BCUT2D eigenvalue weighted by molar-refractivity contribution is -0.150. The third kappa shape index (κ3) is 5.26. The number of esters is 1. The van der Waals surface area contributed by atoms with Crippen molar-refractivity contribution in [3.63, 3.8) is 0 Å². The minimum Gasteiger partial charge on any atom is -0.465 e. The lowest BCUT2D eigenvalue weighted by atomic mass is 9.65. The van der Waals surface area contributed by atoms with E-state index in [9.17, 15) is 4.79 Å². The van der Waals surface area contributed by atoms with Crippen molar-refractivity contribution in [2.24, 2.45) is 35.5 Å². The van der Waals surface area contributed by atoms with Gasteiger partial charge < -0.3 is 4.74 Å². The molecule has 26 heavy (non-hydrogen) atoms. The fraction of sp³-hybridized carbons (Fsp3) is 0.958. The van der Waals surface area contributed by atoms with Crippen LogP contribution in [0.2, 0.25) is 0 Å². The number of carbonyl (C=O) groups excluding carboxylic acids is 1. The van der Waals surface area contributed by atoms with Gasteiger partial charge in [-0.25, -0.2) is 0 Å². The number of ether oxygens (including phenoxy) is 1. The van der Waals surface area contributed by atoms with Gasteiger partial charge >= 0.3 is 5.97 Å². The van der Waals surface area contributed by atoms with Crippen LogP contribution < -0.4 is 0 Å². The molecule has 0 N–H and O–H groups in total. The first-order chi connectivity index (χ1) is 12.7. The van der Waals surface area contributed by atoms with Crippen LogP contribution >= 0.6 is 0 Å². The minimum atomic E-state index is 0.0803. The summed E-state index contributed by atoms with van der Waals surface area (Å²) in [5, 5.41) is 0. The van der Waals surface area contributed by atoms with Gasteiger partial charge in [-0.2, -0.15) is 0 Å². The van der Waals surface area contributed by atoms with Crippen LogP contribution in [0.3, 0.4) is 0 Å². The predicted molar refractivity (Wildman–Crippen MR) is 108 cm³/mol. The maximum atomic E-state index is 12.1. The van der Waals surface area contributed by atoms with E-state index in [2.05, 4.69) is 13.8 Å². The third-order valence-electron chi connectivity index (χ3n) is 8.17. The molecule has 3 aliphatic carbocycles. The molecule has 0 spiro atoms. The van der Waals surface area contributed by atoms with Gasteiger partial charge in [0.15, 0.2) is 0 Å². The van der Waals surface area contributed by atoms with Crippen LogP contribution in [0.5, 0.6) is 0 Å². The van der Waals surface area contributed by atoms with Crippen LogP contribution in [0.15, 0.2) is 0 Å². The second-order valence-electron chi connectivity index (χ2n) is 9.64. The molecule has 0 aromatic heterocycles. The van der Waals surface area contributed by atoms with Gasteiger partial charge in [-0.3, -0.25) is 4.79 Å². The van der Waals surface area contributed by atoms with Gasteiger partial charge in [-0.15, -0.1) is 0 Å². The topological polar surface area (TPSA) is 26.3 Å². The van der Waals surface area contributed by atoms with Crippen LogP contribution in [0.1, 0.15) is 104 Å². The van der Waals surface area contributed by atoms with Gasteiger partial charge in [0, 0.05) is 0 Å². The molecule has 3 aliphatic rings. The minimum absolute atomic E-state index is 0.0803. The van der Waals surface area contributed by atoms with E-state index in [0.29, 0.717) is 6.61 Å². The first-order valence-corrected chi connectivity index (χ1v) is 11.9. The SMILES string of the molecule is CCCOC(=O)C1CCC(C2CCC(C3CCC(CC)CC3)CC2)CC1. The van der Waals surface area contributed by atoms with Crippen molar-refractivity contribution in [2.75, 3.05) is 6.61 Å². The number of rotatable bonds is 6. The van der Waals surface area contributed by atoms with Gasteiger partial charge in [-0.1, -0.05) is 33.1 Å². The fourth-order valence-corrected chi connectivity index (χ4v) is 6.30. The third-order valence-corrected chi connectivity index (χ3v) is 8.17. The molecule has 0 atom stereocenters. The van der Waals surface area contributed by atoms with Crippen LogP contribution in [0.25, 0.3) is 0 Å². The molecule has 0 aromatic carbocycles. The van der Waals surface area contributed by atoms with Crippen LogP contribution in [0.4, 0.5) is 0 Å². The molecule has 0 radical (unpaired) electrons. The molecule has 3 saturated carbocycles. The summed E-state index contributed by atoms with van der Waals surface area (Å²) in [4.78, 5) is 12.1. The van der Waals surface area contributed by atoms with E-state index in [1.54, 1.807) is 0 Å². The van der Waals surface area contributed by atoms with Gasteiger partial charge in [0.2, 0.25) is 0 Å². The lowest BCUT2D eigenvalue weighted by Crippen LogP contribution is -2.31. The molecular weight excluding hydrogens is 320 g/mol. The highest BCUT2D eigenvalue weighted by atomic mass is 16.5. The smallest absolute Gasteiger partial charge is 0.308 e. The first kappa shape index (κ1) is 20.2. The quantitative estimate of drug-likeness (QED) is 0.487. The van der Waals surface area contributed by atoms with E-state index >= 15 is 0 Å². The van der Waals surface area contributed by atoms with Crippen molar-refractivity contribution < 1.29 is 9.53 Å². The standard InChI is InChI=1S/C24H42O2/c1-3-17-26-24(25)23-15-13-22(14-16-23)21-11-9-20(10-12-21)19-7-5-18(4-2)6-8-19/h18-23H,3-17H2,1-2H3.